The Kier molecular flexibility index (Phi) is 2.92. The van der Waals surface area contributed by atoms with E-state index in [0.29, 0.717) is 26.1 Å². The molecule has 0 radical (unpaired) electrons. The number of ether oxygens (including phenoxy) is 1. The van der Waals surface area contributed by atoms with E-state index in [9.17, 15) is 8.42 Å². The highest BCUT2D eigenvalue weighted by molar-refractivity contribution is 7.94. The maximum atomic E-state index is 11.5. The number of rotatable bonds is 0. The van der Waals surface area contributed by atoms with Gasteiger partial charge in [-0.1, -0.05) is 0 Å². The quantitative estimate of drug-likeness (QED) is 0.618. The molecule has 0 amide bonds. The Balaban J connectivity index is 0.000000845. The van der Waals surface area contributed by atoms with Crippen LogP contribution in [0.3, 0.4) is 0 Å². The van der Waals surface area contributed by atoms with Crippen molar-refractivity contribution in [2.24, 2.45) is 5.73 Å². The molecule has 2 fully saturated rings. The molecule has 4 nitrogen and oxygen atoms in total. The summed E-state index contributed by atoms with van der Waals surface area (Å²) in [5.41, 5.74) is 5.73. The molecule has 1 atom stereocenters. The summed E-state index contributed by atoms with van der Waals surface area (Å²) in [5.74, 6) is 0.160. The van der Waals surface area contributed by atoms with Crippen LogP contribution in [0.4, 0.5) is 0 Å². The summed E-state index contributed by atoms with van der Waals surface area (Å²) in [6, 6.07) is -0.161. The van der Waals surface area contributed by atoms with Gasteiger partial charge in [0, 0.05) is 19.3 Å². The van der Waals surface area contributed by atoms with Gasteiger partial charge in [-0.3, -0.25) is 0 Å². The number of halogens is 1. The van der Waals surface area contributed by atoms with Crippen LogP contribution in [0, 0.1) is 0 Å². The molecule has 13 heavy (non-hydrogen) atoms. The van der Waals surface area contributed by atoms with Gasteiger partial charge >= 0.3 is 0 Å². The Morgan fingerprint density at radius 1 is 1.31 bits per heavy atom. The van der Waals surface area contributed by atoms with Gasteiger partial charge in [-0.15, -0.1) is 12.4 Å². The first-order chi connectivity index (χ1) is 5.58. The van der Waals surface area contributed by atoms with E-state index in [1.54, 1.807) is 0 Å². The van der Waals surface area contributed by atoms with E-state index >= 15 is 0 Å². The molecule has 2 heterocycles. The molecule has 6 heteroatoms. The van der Waals surface area contributed by atoms with Crippen LogP contribution in [0.25, 0.3) is 0 Å². The van der Waals surface area contributed by atoms with E-state index in [0.717, 1.165) is 0 Å². The standard InChI is InChI=1S/C7H13NO3S.ClH/c8-6-5-12(9,10)7(6)1-3-11-4-2-7;/h6H,1-5,8H2;1H. The van der Waals surface area contributed by atoms with Crippen LogP contribution >= 0.6 is 12.4 Å². The summed E-state index contributed by atoms with van der Waals surface area (Å²) in [6.45, 7) is 1.07. The molecule has 2 aliphatic heterocycles. The minimum Gasteiger partial charge on any atom is -0.381 e. The first-order valence-corrected chi connectivity index (χ1v) is 5.79. The molecule has 0 saturated carbocycles. The Hall–Kier alpha value is 0.160. The molecule has 2 aliphatic rings. The normalized spacial score (nSPS) is 34.7. The SMILES string of the molecule is Cl.NC1CS(=O)(=O)C12CCOCC2. The molecule has 78 valence electrons. The first kappa shape index (κ1) is 11.2. The lowest BCUT2D eigenvalue weighted by atomic mass is 9.91. The van der Waals surface area contributed by atoms with Crippen molar-refractivity contribution in [1.82, 2.24) is 0 Å². The fourth-order valence-corrected chi connectivity index (χ4v) is 4.24. The second-order valence-corrected chi connectivity index (χ2v) is 5.94. The number of hydrogen-bond acceptors (Lipinski definition) is 4. The average Bonchev–Trinajstić information content (AvgIpc) is 2.05. The van der Waals surface area contributed by atoms with Crippen LogP contribution in [0.2, 0.25) is 0 Å². The third kappa shape index (κ3) is 1.38. The second-order valence-electron chi connectivity index (χ2n) is 3.57. The summed E-state index contributed by atoms with van der Waals surface area (Å²) in [6.07, 6.45) is 1.16. The molecule has 2 rings (SSSR count). The van der Waals surface area contributed by atoms with Gasteiger partial charge in [0.2, 0.25) is 0 Å². The second kappa shape index (κ2) is 3.38. The van der Waals surface area contributed by atoms with Gasteiger partial charge in [0.1, 0.15) is 0 Å². The van der Waals surface area contributed by atoms with Crippen LogP contribution < -0.4 is 5.73 Å². The van der Waals surface area contributed by atoms with Crippen molar-refractivity contribution in [3.8, 4) is 0 Å². The zero-order valence-electron chi connectivity index (χ0n) is 7.23. The predicted molar refractivity (Wildman–Crippen MR) is 51.8 cm³/mol. The topological polar surface area (TPSA) is 69.4 Å². The van der Waals surface area contributed by atoms with Crippen molar-refractivity contribution in [2.45, 2.75) is 23.6 Å². The Labute approximate surface area is 84.1 Å². The molecule has 0 aliphatic carbocycles. The van der Waals surface area contributed by atoms with Gasteiger partial charge in [0.15, 0.2) is 9.84 Å². The summed E-state index contributed by atoms with van der Waals surface area (Å²) in [4.78, 5) is 0. The molecule has 0 aromatic rings. The number of sulfone groups is 1. The van der Waals surface area contributed by atoms with Crippen molar-refractivity contribution in [3.63, 3.8) is 0 Å². The van der Waals surface area contributed by atoms with Gasteiger partial charge in [0.05, 0.1) is 10.5 Å². The molecule has 0 aromatic carbocycles. The van der Waals surface area contributed by atoms with Crippen LogP contribution in [0.5, 0.6) is 0 Å². The molecule has 0 aromatic heterocycles. The summed E-state index contributed by atoms with van der Waals surface area (Å²) < 4.78 is 27.4. The third-order valence-corrected chi connectivity index (χ3v) is 5.78. The van der Waals surface area contributed by atoms with Gasteiger partial charge in [-0.25, -0.2) is 8.42 Å². The van der Waals surface area contributed by atoms with Crippen molar-refractivity contribution in [1.29, 1.82) is 0 Å². The molecule has 2 N–H and O–H groups in total. The molecule has 0 bridgehead atoms. The van der Waals surface area contributed by atoms with E-state index in [2.05, 4.69) is 0 Å². The number of nitrogens with two attached hydrogens (primary N) is 1. The van der Waals surface area contributed by atoms with E-state index in [4.69, 9.17) is 10.5 Å². The summed E-state index contributed by atoms with van der Waals surface area (Å²) in [7, 11) is -2.90. The van der Waals surface area contributed by atoms with Crippen LogP contribution in [0.15, 0.2) is 0 Å². The predicted octanol–water partition coefficient (Wildman–Crippen LogP) is -0.287. The molecular weight excluding hydrogens is 214 g/mol. The smallest absolute Gasteiger partial charge is 0.159 e. The Morgan fingerprint density at radius 2 is 1.85 bits per heavy atom. The number of hydrogen-bond donors (Lipinski definition) is 1. The lowest BCUT2D eigenvalue weighted by molar-refractivity contribution is 0.0640. The van der Waals surface area contributed by atoms with E-state index < -0.39 is 14.6 Å². The van der Waals surface area contributed by atoms with E-state index in [1.807, 2.05) is 0 Å². The largest absolute Gasteiger partial charge is 0.381 e. The monoisotopic (exact) mass is 227 g/mol. The average molecular weight is 228 g/mol. The maximum absolute atomic E-state index is 11.5. The van der Waals surface area contributed by atoms with Gasteiger partial charge in [0.25, 0.3) is 0 Å². The first-order valence-electron chi connectivity index (χ1n) is 4.14. The minimum absolute atomic E-state index is 0. The van der Waals surface area contributed by atoms with Crippen LogP contribution in [-0.2, 0) is 14.6 Å². The van der Waals surface area contributed by atoms with Crippen molar-refractivity contribution < 1.29 is 13.2 Å². The zero-order valence-corrected chi connectivity index (χ0v) is 8.86. The van der Waals surface area contributed by atoms with E-state index in [1.165, 1.54) is 0 Å². The molecule has 1 spiro atoms. The molecule has 2 saturated heterocycles. The lowest BCUT2D eigenvalue weighted by Crippen LogP contribution is -2.69. The highest BCUT2D eigenvalue weighted by atomic mass is 35.5. The van der Waals surface area contributed by atoms with Crippen molar-refractivity contribution >= 4 is 22.2 Å². The summed E-state index contributed by atoms with van der Waals surface area (Å²) >= 11 is 0. The minimum atomic E-state index is -2.90. The lowest BCUT2D eigenvalue weighted by Gasteiger charge is -2.48. The fourth-order valence-electron chi connectivity index (χ4n) is 2.08. The summed E-state index contributed by atoms with van der Waals surface area (Å²) in [5, 5.41) is 0. The van der Waals surface area contributed by atoms with E-state index in [-0.39, 0.29) is 24.2 Å². The van der Waals surface area contributed by atoms with Gasteiger partial charge in [-0.2, -0.15) is 0 Å². The highest BCUT2D eigenvalue weighted by Gasteiger charge is 2.58. The molecule has 1 unspecified atom stereocenters. The van der Waals surface area contributed by atoms with Crippen molar-refractivity contribution in [2.75, 3.05) is 19.0 Å². The fraction of sp³-hybridized carbons (Fsp3) is 1.00. The highest BCUT2D eigenvalue weighted by Crippen LogP contribution is 2.41. The Bertz CT molecular complexity index is 284. The zero-order chi connectivity index (χ0) is 8.82. The van der Waals surface area contributed by atoms with Gasteiger partial charge < -0.3 is 10.5 Å². The Morgan fingerprint density at radius 3 is 2.15 bits per heavy atom. The van der Waals surface area contributed by atoms with Gasteiger partial charge in [-0.05, 0) is 12.8 Å². The van der Waals surface area contributed by atoms with Crippen LogP contribution in [-0.4, -0.2) is 38.2 Å². The van der Waals surface area contributed by atoms with Crippen LogP contribution in [0.1, 0.15) is 12.8 Å². The molecular formula is C7H14ClNO3S. The third-order valence-electron chi connectivity index (χ3n) is 3.03. The maximum Gasteiger partial charge on any atom is 0.159 e. The van der Waals surface area contributed by atoms with Crippen molar-refractivity contribution in [3.05, 3.63) is 0 Å².